The van der Waals surface area contributed by atoms with Gasteiger partial charge in [-0.15, -0.1) is 0 Å². The van der Waals surface area contributed by atoms with E-state index >= 15 is 0 Å². The van der Waals surface area contributed by atoms with E-state index in [1.165, 1.54) is 24.1 Å². The number of para-hydroxylation sites is 1. The van der Waals surface area contributed by atoms with Gasteiger partial charge in [0, 0.05) is 13.0 Å². The topological polar surface area (TPSA) is 151 Å². The average Bonchev–Trinajstić information content (AvgIpc) is 3.20. The van der Waals surface area contributed by atoms with Crippen molar-refractivity contribution in [3.63, 3.8) is 0 Å². The number of imide groups is 1. The first-order valence-electron chi connectivity index (χ1n) is 12.0. The van der Waals surface area contributed by atoms with E-state index in [0.29, 0.717) is 40.8 Å². The van der Waals surface area contributed by atoms with Crippen molar-refractivity contribution < 1.29 is 27.9 Å². The molecule has 1 saturated heterocycles. The zero-order valence-corrected chi connectivity index (χ0v) is 22.7. The third kappa shape index (κ3) is 7.03. The number of amidine groups is 1. The number of thioether (sulfide) groups is 1. The molecule has 12 heteroatoms. The van der Waals surface area contributed by atoms with Crippen LogP contribution in [0, 0.1) is 0 Å². The summed E-state index contributed by atoms with van der Waals surface area (Å²) in [7, 11) is -2.26. The fraction of sp³-hybridized carbons (Fsp3) is 0.222. The molecule has 3 aromatic rings. The molecule has 0 saturated carbocycles. The monoisotopic (exact) mass is 568 g/mol. The molecule has 10 nitrogen and oxygen atoms in total. The standard InChI is InChI=1S/C27H28N4O6S2/c1-37-23-12-9-19(17-32)15-22(23)30-27(29-14-13-18-7-10-21(11-8-18)39(28,35)36)38-24-16-25(33)31(26(24)34)20-5-3-2-4-6-20/h2-12,15,24,32H,13-14,16-17H2,1H3,(H,29,30)(H2,28,35,36). The molecule has 1 aliphatic heterocycles. The molecule has 1 aliphatic rings. The SMILES string of the molecule is COc1ccc(CO)cc1NC(=NCCc1ccc(S(N)(=O)=O)cc1)SC1CC(=O)N(c2ccccc2)C1=O. The van der Waals surface area contributed by atoms with E-state index in [4.69, 9.17) is 9.88 Å². The van der Waals surface area contributed by atoms with E-state index in [9.17, 15) is 23.1 Å². The van der Waals surface area contributed by atoms with Crippen molar-refractivity contribution in [2.75, 3.05) is 23.9 Å². The number of methoxy groups -OCH3 is 1. The summed E-state index contributed by atoms with van der Waals surface area (Å²) in [6.45, 7) is 0.137. The molecule has 4 rings (SSSR count). The van der Waals surface area contributed by atoms with Crippen molar-refractivity contribution in [2.24, 2.45) is 10.1 Å². The van der Waals surface area contributed by atoms with Gasteiger partial charge in [-0.05, 0) is 53.9 Å². The summed E-state index contributed by atoms with van der Waals surface area (Å²) in [6.07, 6.45) is 0.500. The molecule has 4 N–H and O–H groups in total. The van der Waals surface area contributed by atoms with Crippen LogP contribution in [0.15, 0.2) is 82.7 Å². The number of ether oxygens (including phenoxy) is 1. The molecule has 3 aromatic carbocycles. The maximum Gasteiger partial charge on any atom is 0.247 e. The lowest BCUT2D eigenvalue weighted by Crippen LogP contribution is -2.31. The number of anilines is 2. The highest BCUT2D eigenvalue weighted by molar-refractivity contribution is 8.15. The van der Waals surface area contributed by atoms with E-state index in [0.717, 1.165) is 17.3 Å². The van der Waals surface area contributed by atoms with Gasteiger partial charge < -0.3 is 15.2 Å². The predicted octanol–water partition coefficient (Wildman–Crippen LogP) is 2.91. The minimum absolute atomic E-state index is 0.0158. The predicted molar refractivity (Wildman–Crippen MR) is 151 cm³/mol. The number of amides is 2. The zero-order valence-electron chi connectivity index (χ0n) is 21.1. The summed E-state index contributed by atoms with van der Waals surface area (Å²) in [6, 6.07) is 20.1. The molecule has 0 aliphatic carbocycles. The second-order valence-electron chi connectivity index (χ2n) is 8.66. The number of nitrogens with zero attached hydrogens (tertiary/aromatic N) is 2. The number of benzene rings is 3. The van der Waals surface area contributed by atoms with Crippen LogP contribution in [0.4, 0.5) is 11.4 Å². The minimum atomic E-state index is -3.78. The van der Waals surface area contributed by atoms with Crippen molar-refractivity contribution in [3.8, 4) is 5.75 Å². The molecule has 204 valence electrons. The molecule has 39 heavy (non-hydrogen) atoms. The Kier molecular flexibility index (Phi) is 9.02. The number of hydrogen-bond donors (Lipinski definition) is 3. The van der Waals surface area contributed by atoms with E-state index in [1.54, 1.807) is 54.6 Å². The van der Waals surface area contributed by atoms with Crippen LogP contribution in [-0.2, 0) is 32.6 Å². The molecule has 1 heterocycles. The number of carbonyl (C=O) groups excluding carboxylic acids is 2. The maximum absolute atomic E-state index is 13.2. The van der Waals surface area contributed by atoms with Crippen LogP contribution in [0.1, 0.15) is 17.5 Å². The lowest BCUT2D eigenvalue weighted by molar-refractivity contribution is -0.121. The Balaban J connectivity index is 1.56. The number of primary sulfonamides is 1. The minimum Gasteiger partial charge on any atom is -0.495 e. The van der Waals surface area contributed by atoms with Gasteiger partial charge in [0.15, 0.2) is 5.17 Å². The first-order chi connectivity index (χ1) is 18.7. The van der Waals surface area contributed by atoms with Crippen molar-refractivity contribution in [2.45, 2.75) is 29.6 Å². The van der Waals surface area contributed by atoms with Gasteiger partial charge in [-0.2, -0.15) is 0 Å². The summed E-state index contributed by atoms with van der Waals surface area (Å²) in [5, 5.41) is 17.7. The van der Waals surface area contributed by atoms with Crippen LogP contribution >= 0.6 is 11.8 Å². The Hall–Kier alpha value is -3.71. The summed E-state index contributed by atoms with van der Waals surface area (Å²) in [5.41, 5.74) is 2.56. The van der Waals surface area contributed by atoms with Crippen molar-refractivity contribution in [1.29, 1.82) is 0 Å². The van der Waals surface area contributed by atoms with Crippen molar-refractivity contribution >= 4 is 50.1 Å². The quantitative estimate of drug-likeness (QED) is 0.203. The number of rotatable bonds is 9. The highest BCUT2D eigenvalue weighted by Crippen LogP contribution is 2.32. The van der Waals surface area contributed by atoms with Crippen LogP contribution in [0.2, 0.25) is 0 Å². The highest BCUT2D eigenvalue weighted by atomic mass is 32.2. The van der Waals surface area contributed by atoms with Gasteiger partial charge in [-0.25, -0.2) is 18.5 Å². The van der Waals surface area contributed by atoms with Gasteiger partial charge in [-0.3, -0.25) is 14.6 Å². The zero-order chi connectivity index (χ0) is 28.0. The van der Waals surface area contributed by atoms with Gasteiger partial charge in [0.2, 0.25) is 21.8 Å². The third-order valence-electron chi connectivity index (χ3n) is 5.97. The largest absolute Gasteiger partial charge is 0.495 e. The maximum atomic E-state index is 13.2. The second-order valence-corrected chi connectivity index (χ2v) is 11.4. The molecule has 0 radical (unpaired) electrons. The Morgan fingerprint density at radius 2 is 1.79 bits per heavy atom. The summed E-state index contributed by atoms with van der Waals surface area (Å²) >= 11 is 1.14. The first-order valence-corrected chi connectivity index (χ1v) is 14.4. The molecular weight excluding hydrogens is 540 g/mol. The van der Waals surface area contributed by atoms with E-state index in [1.807, 2.05) is 6.07 Å². The molecular formula is C27H28N4O6S2. The number of hydrogen-bond acceptors (Lipinski definition) is 8. The fourth-order valence-corrected chi connectivity index (χ4v) is 5.54. The normalized spacial score (nSPS) is 16.0. The molecule has 0 aromatic heterocycles. The molecule has 1 unspecified atom stereocenters. The van der Waals surface area contributed by atoms with Gasteiger partial charge in [-0.1, -0.05) is 48.2 Å². The van der Waals surface area contributed by atoms with Gasteiger partial charge in [0.05, 0.1) is 30.0 Å². The van der Waals surface area contributed by atoms with Crippen molar-refractivity contribution in [3.05, 3.63) is 83.9 Å². The van der Waals surface area contributed by atoms with Crippen LogP contribution in [0.5, 0.6) is 5.75 Å². The Morgan fingerprint density at radius 1 is 1.10 bits per heavy atom. The molecule has 0 bridgehead atoms. The van der Waals surface area contributed by atoms with Gasteiger partial charge >= 0.3 is 0 Å². The first kappa shape index (κ1) is 28.3. The van der Waals surface area contributed by atoms with Crippen molar-refractivity contribution in [1.82, 2.24) is 0 Å². The van der Waals surface area contributed by atoms with E-state index in [2.05, 4.69) is 10.3 Å². The summed E-state index contributed by atoms with van der Waals surface area (Å²) in [4.78, 5) is 31.8. The summed E-state index contributed by atoms with van der Waals surface area (Å²) in [5.74, 6) is -0.114. The van der Waals surface area contributed by atoms with Crippen LogP contribution < -0.4 is 20.1 Å². The fourth-order valence-electron chi connectivity index (χ4n) is 3.98. The van der Waals surface area contributed by atoms with Crippen LogP contribution in [0.25, 0.3) is 0 Å². The molecule has 1 atom stereocenters. The lowest BCUT2D eigenvalue weighted by Gasteiger charge is -2.17. The van der Waals surface area contributed by atoms with Gasteiger partial charge in [0.25, 0.3) is 0 Å². The van der Waals surface area contributed by atoms with Gasteiger partial charge in [0.1, 0.15) is 11.0 Å². The number of aliphatic imine (C=N–C) groups is 1. The number of aliphatic hydroxyl groups excluding tert-OH is 1. The average molecular weight is 569 g/mol. The lowest BCUT2D eigenvalue weighted by atomic mass is 10.1. The van der Waals surface area contributed by atoms with E-state index < -0.39 is 15.3 Å². The van der Waals surface area contributed by atoms with E-state index in [-0.39, 0.29) is 29.7 Å². The second kappa shape index (κ2) is 12.4. The third-order valence-corrected chi connectivity index (χ3v) is 8.01. The Labute approximate surface area is 230 Å². The highest BCUT2D eigenvalue weighted by Gasteiger charge is 2.40. The van der Waals surface area contributed by atoms with Crippen LogP contribution in [0.3, 0.4) is 0 Å². The Bertz CT molecular complexity index is 1480. The van der Waals surface area contributed by atoms with Crippen LogP contribution in [-0.4, -0.2) is 49.4 Å². The number of carbonyl (C=O) groups is 2. The Morgan fingerprint density at radius 3 is 2.44 bits per heavy atom. The number of nitrogens with two attached hydrogens (primary N) is 1. The molecule has 0 spiro atoms. The smallest absolute Gasteiger partial charge is 0.247 e. The number of aliphatic hydroxyl groups is 1. The summed E-state index contributed by atoms with van der Waals surface area (Å²) < 4.78 is 28.5. The number of sulfonamides is 1. The molecule has 2 amide bonds. The number of nitrogens with one attached hydrogen (secondary N) is 1. The molecule has 1 fully saturated rings.